The molecule has 0 unspecified atom stereocenters. The molecule has 0 bridgehead atoms. The molecule has 0 amide bonds. The number of aromatic nitrogens is 1. The van der Waals surface area contributed by atoms with Crippen molar-refractivity contribution in [3.63, 3.8) is 0 Å². The zero-order chi connectivity index (χ0) is 22.7. The molecule has 3 aromatic rings. The lowest BCUT2D eigenvalue weighted by Crippen LogP contribution is -2.29. The van der Waals surface area contributed by atoms with Crippen LogP contribution in [0.15, 0.2) is 78.6 Å². The summed E-state index contributed by atoms with van der Waals surface area (Å²) in [5.41, 5.74) is 9.64. The molecule has 32 heavy (non-hydrogen) atoms. The second kappa shape index (κ2) is 9.37. The third-order valence-corrected chi connectivity index (χ3v) is 5.62. The molecule has 1 aromatic heterocycles. The van der Waals surface area contributed by atoms with E-state index >= 15 is 0 Å². The maximum Gasteiger partial charge on any atom is 0.387 e. The van der Waals surface area contributed by atoms with Crippen molar-refractivity contribution in [2.24, 2.45) is 0 Å². The minimum absolute atomic E-state index is 0.0739. The number of pyridine rings is 1. The molecule has 2 aromatic carbocycles. The summed E-state index contributed by atoms with van der Waals surface area (Å²) >= 11 is 11.6. The van der Waals surface area contributed by atoms with Gasteiger partial charge in [-0.05, 0) is 41.5 Å². The summed E-state index contributed by atoms with van der Waals surface area (Å²) in [6.07, 6.45) is 1.69. The van der Waals surface area contributed by atoms with Gasteiger partial charge in [0.1, 0.15) is 21.5 Å². The molecule has 0 fully saturated rings. The zero-order valence-electron chi connectivity index (χ0n) is 16.7. The number of ether oxygens (including phenoxy) is 1. The lowest BCUT2D eigenvalue weighted by atomic mass is 10.1. The van der Waals surface area contributed by atoms with Crippen molar-refractivity contribution in [1.29, 1.82) is 0 Å². The molecule has 0 aliphatic carbocycles. The van der Waals surface area contributed by atoms with Gasteiger partial charge in [-0.25, -0.2) is 4.98 Å². The van der Waals surface area contributed by atoms with Crippen LogP contribution in [0, 0.1) is 0 Å². The van der Waals surface area contributed by atoms with Crippen molar-refractivity contribution in [3.8, 4) is 5.75 Å². The number of nitrogen functional groups attached to an aromatic ring is 1. The molecule has 162 valence electrons. The second-order valence-corrected chi connectivity index (χ2v) is 7.71. The Labute approximate surface area is 194 Å². The molecule has 4 rings (SSSR count). The lowest BCUT2D eigenvalue weighted by Gasteiger charge is -2.20. The first-order valence-electron chi connectivity index (χ1n) is 9.60. The summed E-state index contributed by atoms with van der Waals surface area (Å²) in [6, 6.07) is 19.5. The van der Waals surface area contributed by atoms with E-state index < -0.39 is 6.61 Å². The Balaban J connectivity index is 1.65. The molecular weight excluding hydrogens is 450 g/mol. The fourth-order valence-corrected chi connectivity index (χ4v) is 4.03. The molecule has 5 nitrogen and oxygen atoms in total. The number of anilines is 2. The molecule has 0 saturated heterocycles. The zero-order valence-corrected chi connectivity index (χ0v) is 18.3. The van der Waals surface area contributed by atoms with E-state index in [1.54, 1.807) is 24.4 Å². The fraction of sp³-hybridized carbons (Fsp3) is 0.0870. The number of alkyl halides is 2. The number of hydrogen-bond donors (Lipinski definition) is 2. The van der Waals surface area contributed by atoms with Gasteiger partial charge in [0.05, 0.1) is 12.2 Å². The van der Waals surface area contributed by atoms with Gasteiger partial charge >= 0.3 is 6.61 Å². The number of halogens is 2. The summed E-state index contributed by atoms with van der Waals surface area (Å²) < 4.78 is 29.3. The first-order valence-corrected chi connectivity index (χ1v) is 10.4. The van der Waals surface area contributed by atoms with Gasteiger partial charge < -0.3 is 20.7 Å². The van der Waals surface area contributed by atoms with Crippen molar-refractivity contribution in [2.75, 3.05) is 11.1 Å². The predicted molar refractivity (Wildman–Crippen MR) is 129 cm³/mol. The third-order valence-electron chi connectivity index (χ3n) is 4.77. The van der Waals surface area contributed by atoms with Crippen LogP contribution in [0.2, 0.25) is 0 Å². The summed E-state index contributed by atoms with van der Waals surface area (Å²) in [5, 5.41) is 3.31. The molecule has 9 heteroatoms. The number of thiocarbonyl (C=S) groups is 2. The maximum atomic E-state index is 12.4. The van der Waals surface area contributed by atoms with E-state index in [2.05, 4.69) is 15.0 Å². The number of rotatable bonds is 7. The number of hydrogen-bond acceptors (Lipinski definition) is 6. The average Bonchev–Trinajstić information content (AvgIpc) is 3.01. The standard InChI is InChI=1S/C23H18F2N4OS2/c24-23(25)30-17-9-7-16(8-10-17)28-20-19(15-4-2-1-3-5-15)21(31)29(22(20)32)13-14-6-11-18(26)27-12-14/h1-12,23,28H,13H2,(H2,26,27). The Morgan fingerprint density at radius 3 is 2.31 bits per heavy atom. The van der Waals surface area contributed by atoms with Crippen LogP contribution in [0.3, 0.4) is 0 Å². The van der Waals surface area contributed by atoms with Gasteiger partial charge in [0, 0.05) is 17.5 Å². The van der Waals surface area contributed by atoms with E-state index in [0.29, 0.717) is 33.7 Å². The number of benzene rings is 2. The van der Waals surface area contributed by atoms with E-state index in [0.717, 1.165) is 16.7 Å². The quantitative estimate of drug-likeness (QED) is 0.459. The Kier molecular flexibility index (Phi) is 6.38. The highest BCUT2D eigenvalue weighted by molar-refractivity contribution is 7.83. The highest BCUT2D eigenvalue weighted by atomic mass is 32.1. The Hall–Kier alpha value is -3.43. The summed E-state index contributed by atoms with van der Waals surface area (Å²) in [6.45, 7) is -2.44. The van der Waals surface area contributed by atoms with Crippen LogP contribution in [0.5, 0.6) is 5.75 Å². The van der Waals surface area contributed by atoms with Crippen LogP contribution in [0.25, 0.3) is 5.57 Å². The predicted octanol–water partition coefficient (Wildman–Crippen LogP) is 5.26. The summed E-state index contributed by atoms with van der Waals surface area (Å²) in [4.78, 5) is 7.10. The van der Waals surface area contributed by atoms with Gasteiger partial charge in [0.15, 0.2) is 0 Å². The van der Waals surface area contributed by atoms with Crippen LogP contribution < -0.4 is 15.8 Å². The lowest BCUT2D eigenvalue weighted by molar-refractivity contribution is -0.0498. The number of nitrogens with zero attached hydrogens (tertiary/aromatic N) is 2. The van der Waals surface area contributed by atoms with E-state index in [-0.39, 0.29) is 5.75 Å². The van der Waals surface area contributed by atoms with E-state index in [4.69, 9.17) is 30.2 Å². The van der Waals surface area contributed by atoms with Crippen molar-refractivity contribution in [1.82, 2.24) is 9.88 Å². The molecule has 0 saturated carbocycles. The van der Waals surface area contributed by atoms with Gasteiger partial charge in [-0.2, -0.15) is 8.78 Å². The van der Waals surface area contributed by atoms with Crippen molar-refractivity contribution >= 4 is 51.5 Å². The first kappa shape index (κ1) is 21.8. The Bertz CT molecular complexity index is 1170. The average molecular weight is 469 g/mol. The van der Waals surface area contributed by atoms with Gasteiger partial charge in [-0.15, -0.1) is 0 Å². The van der Waals surface area contributed by atoms with E-state index in [1.165, 1.54) is 12.1 Å². The van der Waals surface area contributed by atoms with Crippen LogP contribution in [0.4, 0.5) is 20.3 Å². The van der Waals surface area contributed by atoms with Gasteiger partial charge in [0.2, 0.25) is 0 Å². The Morgan fingerprint density at radius 1 is 0.969 bits per heavy atom. The molecule has 0 radical (unpaired) electrons. The SMILES string of the molecule is Nc1ccc(CN2C(=S)C(Nc3ccc(OC(F)F)cc3)=C(c3ccccc3)C2=S)cn1. The molecule has 1 aliphatic heterocycles. The second-order valence-electron chi connectivity index (χ2n) is 6.93. The monoisotopic (exact) mass is 468 g/mol. The van der Waals surface area contributed by atoms with Gasteiger partial charge in [-0.1, -0.05) is 60.8 Å². The van der Waals surface area contributed by atoms with Crippen LogP contribution in [-0.4, -0.2) is 26.5 Å². The molecule has 3 N–H and O–H groups in total. The normalized spacial score (nSPS) is 13.8. The highest BCUT2D eigenvalue weighted by Crippen LogP contribution is 2.33. The first-order chi connectivity index (χ1) is 15.4. The van der Waals surface area contributed by atoms with E-state index in [1.807, 2.05) is 41.3 Å². The third kappa shape index (κ3) is 4.74. The van der Waals surface area contributed by atoms with Gasteiger partial charge in [-0.3, -0.25) is 0 Å². The Morgan fingerprint density at radius 2 is 1.69 bits per heavy atom. The molecular formula is C23H18F2N4OS2. The van der Waals surface area contributed by atoms with Crippen LogP contribution >= 0.6 is 24.4 Å². The van der Waals surface area contributed by atoms with Crippen molar-refractivity contribution < 1.29 is 13.5 Å². The maximum absolute atomic E-state index is 12.4. The van der Waals surface area contributed by atoms with Crippen molar-refractivity contribution in [2.45, 2.75) is 13.2 Å². The number of nitrogens with two attached hydrogens (primary N) is 1. The molecule has 1 aliphatic rings. The molecule has 0 spiro atoms. The van der Waals surface area contributed by atoms with Gasteiger partial charge in [0.25, 0.3) is 0 Å². The number of nitrogens with one attached hydrogen (secondary N) is 1. The minimum atomic E-state index is -2.88. The highest BCUT2D eigenvalue weighted by Gasteiger charge is 2.33. The molecule has 2 heterocycles. The summed E-state index contributed by atoms with van der Waals surface area (Å²) in [7, 11) is 0. The topological polar surface area (TPSA) is 63.4 Å². The van der Waals surface area contributed by atoms with Crippen LogP contribution in [-0.2, 0) is 6.54 Å². The van der Waals surface area contributed by atoms with Crippen LogP contribution in [0.1, 0.15) is 11.1 Å². The fourth-order valence-electron chi connectivity index (χ4n) is 3.28. The van der Waals surface area contributed by atoms with Crippen molar-refractivity contribution in [3.05, 3.63) is 89.8 Å². The minimum Gasteiger partial charge on any atom is -0.435 e. The van der Waals surface area contributed by atoms with E-state index in [9.17, 15) is 8.78 Å². The largest absolute Gasteiger partial charge is 0.435 e. The molecule has 0 atom stereocenters. The summed E-state index contributed by atoms with van der Waals surface area (Å²) in [5.74, 6) is 0.509. The smallest absolute Gasteiger partial charge is 0.387 e.